The van der Waals surface area contributed by atoms with E-state index in [9.17, 15) is 0 Å². The van der Waals surface area contributed by atoms with E-state index in [2.05, 4.69) is 55.2 Å². The highest BCUT2D eigenvalue weighted by molar-refractivity contribution is 7.98. The Morgan fingerprint density at radius 2 is 1.80 bits per heavy atom. The normalized spacial score (nSPS) is 13.1. The minimum Gasteiger partial charge on any atom is -0.370 e. The molecule has 1 heterocycles. The summed E-state index contributed by atoms with van der Waals surface area (Å²) in [7, 11) is 0. The molecule has 0 aliphatic rings. The average molecular weight is 296 g/mol. The lowest BCUT2D eigenvalue weighted by molar-refractivity contribution is 0.274. The quantitative estimate of drug-likeness (QED) is 0.585. The van der Waals surface area contributed by atoms with Gasteiger partial charge in [-0.05, 0) is 24.0 Å². The van der Waals surface area contributed by atoms with Crippen LogP contribution < -0.4 is 10.6 Å². The van der Waals surface area contributed by atoms with Crippen molar-refractivity contribution in [2.24, 2.45) is 11.3 Å². The van der Waals surface area contributed by atoms with Crippen LogP contribution in [0, 0.1) is 11.3 Å². The SMILES string of the molecule is CCCNc1cc(NCC(C)C(C)(C)C)nc(SC)n1. The Labute approximate surface area is 127 Å². The van der Waals surface area contributed by atoms with Gasteiger partial charge in [0.25, 0.3) is 0 Å². The molecule has 0 spiro atoms. The van der Waals surface area contributed by atoms with Crippen LogP contribution in [-0.2, 0) is 0 Å². The van der Waals surface area contributed by atoms with Gasteiger partial charge in [0.2, 0.25) is 0 Å². The summed E-state index contributed by atoms with van der Waals surface area (Å²) in [4.78, 5) is 8.98. The molecule has 1 aromatic rings. The van der Waals surface area contributed by atoms with Crippen LogP contribution in [0.4, 0.5) is 11.6 Å². The fraction of sp³-hybridized carbons (Fsp3) is 0.733. The van der Waals surface area contributed by atoms with E-state index < -0.39 is 0 Å². The Morgan fingerprint density at radius 1 is 1.20 bits per heavy atom. The van der Waals surface area contributed by atoms with Crippen molar-refractivity contribution in [1.29, 1.82) is 0 Å². The Kier molecular flexibility index (Phi) is 6.59. The molecule has 0 fully saturated rings. The summed E-state index contributed by atoms with van der Waals surface area (Å²) in [6, 6.07) is 1.99. The fourth-order valence-corrected chi connectivity index (χ4v) is 1.89. The molecule has 0 radical (unpaired) electrons. The third kappa shape index (κ3) is 5.57. The molecule has 20 heavy (non-hydrogen) atoms. The molecule has 1 aromatic heterocycles. The van der Waals surface area contributed by atoms with E-state index >= 15 is 0 Å². The standard InChI is InChI=1S/C15H28N4S/c1-7-8-16-12-9-13(19-14(18-12)20-6)17-10-11(2)15(3,4)5/h9,11H,7-8,10H2,1-6H3,(H2,16,17,18,19). The monoisotopic (exact) mass is 296 g/mol. The van der Waals surface area contributed by atoms with E-state index in [1.165, 1.54) is 0 Å². The number of rotatable bonds is 7. The maximum Gasteiger partial charge on any atom is 0.191 e. The minimum atomic E-state index is 0.297. The van der Waals surface area contributed by atoms with Gasteiger partial charge in [-0.3, -0.25) is 0 Å². The Balaban J connectivity index is 2.73. The lowest BCUT2D eigenvalue weighted by Crippen LogP contribution is -2.25. The van der Waals surface area contributed by atoms with Crippen molar-refractivity contribution < 1.29 is 0 Å². The molecule has 1 unspecified atom stereocenters. The number of thioether (sulfide) groups is 1. The van der Waals surface area contributed by atoms with Crippen LogP contribution in [0.5, 0.6) is 0 Å². The maximum absolute atomic E-state index is 4.51. The van der Waals surface area contributed by atoms with Gasteiger partial charge in [0, 0.05) is 19.2 Å². The van der Waals surface area contributed by atoms with E-state index in [1.807, 2.05) is 12.3 Å². The molecule has 114 valence electrons. The summed E-state index contributed by atoms with van der Waals surface area (Å²) in [5, 5.41) is 7.56. The highest BCUT2D eigenvalue weighted by Crippen LogP contribution is 2.26. The third-order valence-electron chi connectivity index (χ3n) is 3.51. The summed E-state index contributed by atoms with van der Waals surface area (Å²) in [6.07, 6.45) is 3.09. The van der Waals surface area contributed by atoms with Gasteiger partial charge in [-0.15, -0.1) is 0 Å². The van der Waals surface area contributed by atoms with E-state index in [1.54, 1.807) is 11.8 Å². The van der Waals surface area contributed by atoms with Gasteiger partial charge in [0.1, 0.15) is 11.6 Å². The highest BCUT2D eigenvalue weighted by atomic mass is 32.2. The molecule has 4 nitrogen and oxygen atoms in total. The van der Waals surface area contributed by atoms with Crippen LogP contribution in [0.1, 0.15) is 41.0 Å². The van der Waals surface area contributed by atoms with Gasteiger partial charge in [-0.1, -0.05) is 46.4 Å². The van der Waals surface area contributed by atoms with Gasteiger partial charge >= 0.3 is 0 Å². The maximum atomic E-state index is 4.51. The topological polar surface area (TPSA) is 49.8 Å². The Morgan fingerprint density at radius 3 is 2.30 bits per heavy atom. The number of nitrogens with zero attached hydrogens (tertiary/aromatic N) is 2. The van der Waals surface area contributed by atoms with Crippen LogP contribution in [0.15, 0.2) is 11.2 Å². The van der Waals surface area contributed by atoms with Crippen molar-refractivity contribution in [2.75, 3.05) is 30.0 Å². The van der Waals surface area contributed by atoms with Crippen LogP contribution in [0.2, 0.25) is 0 Å². The molecule has 0 aliphatic carbocycles. The summed E-state index contributed by atoms with van der Waals surface area (Å²) in [5.74, 6) is 2.37. The lowest BCUT2D eigenvalue weighted by Gasteiger charge is -2.27. The molecule has 0 saturated carbocycles. The number of anilines is 2. The Bertz CT molecular complexity index is 415. The van der Waals surface area contributed by atoms with Crippen molar-refractivity contribution in [1.82, 2.24) is 9.97 Å². The molecule has 1 rings (SSSR count). The zero-order valence-corrected chi connectivity index (χ0v) is 14.4. The summed E-state index contributed by atoms with van der Waals surface area (Å²) >= 11 is 1.57. The first-order valence-electron chi connectivity index (χ1n) is 7.27. The number of hydrogen-bond acceptors (Lipinski definition) is 5. The van der Waals surface area contributed by atoms with Gasteiger partial charge in [-0.2, -0.15) is 0 Å². The number of nitrogens with one attached hydrogen (secondary N) is 2. The largest absolute Gasteiger partial charge is 0.370 e. The molecule has 5 heteroatoms. The van der Waals surface area contributed by atoms with Gasteiger partial charge in [0.15, 0.2) is 5.16 Å². The predicted molar refractivity (Wildman–Crippen MR) is 89.7 cm³/mol. The first-order valence-corrected chi connectivity index (χ1v) is 8.50. The molecule has 0 amide bonds. The lowest BCUT2D eigenvalue weighted by atomic mass is 9.82. The zero-order chi connectivity index (χ0) is 15.2. The second-order valence-corrected chi connectivity index (χ2v) is 6.97. The molecule has 0 saturated heterocycles. The molecule has 0 bridgehead atoms. The second kappa shape index (κ2) is 7.72. The third-order valence-corrected chi connectivity index (χ3v) is 4.06. The van der Waals surface area contributed by atoms with Crippen LogP contribution >= 0.6 is 11.8 Å². The number of aromatic nitrogens is 2. The zero-order valence-electron chi connectivity index (χ0n) is 13.6. The van der Waals surface area contributed by atoms with E-state index in [0.29, 0.717) is 11.3 Å². The van der Waals surface area contributed by atoms with Crippen molar-refractivity contribution in [3.05, 3.63) is 6.07 Å². The van der Waals surface area contributed by atoms with E-state index in [-0.39, 0.29) is 0 Å². The molecular weight excluding hydrogens is 268 g/mol. The Hall–Kier alpha value is -0.970. The van der Waals surface area contributed by atoms with Crippen molar-refractivity contribution in [3.8, 4) is 0 Å². The van der Waals surface area contributed by atoms with Gasteiger partial charge < -0.3 is 10.6 Å². The smallest absolute Gasteiger partial charge is 0.191 e. The van der Waals surface area contributed by atoms with Crippen molar-refractivity contribution in [2.45, 2.75) is 46.2 Å². The number of hydrogen-bond donors (Lipinski definition) is 2. The summed E-state index contributed by atoms with van der Waals surface area (Å²) < 4.78 is 0. The highest BCUT2D eigenvalue weighted by Gasteiger charge is 2.19. The fourth-order valence-electron chi connectivity index (χ4n) is 1.51. The van der Waals surface area contributed by atoms with Crippen molar-refractivity contribution in [3.63, 3.8) is 0 Å². The van der Waals surface area contributed by atoms with Crippen LogP contribution in [-0.4, -0.2) is 29.3 Å². The van der Waals surface area contributed by atoms with Gasteiger partial charge in [-0.25, -0.2) is 9.97 Å². The molecular formula is C15H28N4S. The first kappa shape index (κ1) is 17.1. The molecule has 0 aromatic carbocycles. The van der Waals surface area contributed by atoms with Gasteiger partial charge in [0.05, 0.1) is 0 Å². The average Bonchev–Trinajstić information content (AvgIpc) is 2.41. The van der Waals surface area contributed by atoms with Crippen molar-refractivity contribution >= 4 is 23.4 Å². The minimum absolute atomic E-state index is 0.297. The summed E-state index contributed by atoms with van der Waals surface area (Å²) in [6.45, 7) is 13.1. The van der Waals surface area contributed by atoms with E-state index in [0.717, 1.165) is 36.3 Å². The molecule has 2 N–H and O–H groups in total. The predicted octanol–water partition coefficient (Wildman–Crippen LogP) is 4.11. The van der Waals surface area contributed by atoms with E-state index in [4.69, 9.17) is 0 Å². The molecule has 1 atom stereocenters. The van der Waals surface area contributed by atoms with Crippen LogP contribution in [0.3, 0.4) is 0 Å². The second-order valence-electron chi connectivity index (χ2n) is 6.20. The first-order chi connectivity index (χ1) is 9.36. The molecule has 0 aliphatic heterocycles. The van der Waals surface area contributed by atoms with Crippen LogP contribution in [0.25, 0.3) is 0 Å². The summed E-state index contributed by atoms with van der Waals surface area (Å²) in [5.41, 5.74) is 0.297.